The molecule has 3 aromatic rings. The van der Waals surface area contributed by atoms with E-state index in [1.807, 2.05) is 31.2 Å². The van der Waals surface area contributed by atoms with Crippen LogP contribution in [-0.2, 0) is 10.3 Å². The van der Waals surface area contributed by atoms with Gasteiger partial charge in [-0.1, -0.05) is 36.8 Å². The average molecular weight is 529 g/mol. The number of benzene rings is 3. The van der Waals surface area contributed by atoms with Gasteiger partial charge in [-0.25, -0.2) is 0 Å². The number of rotatable bonds is 7. The number of carboxylic acid groups (broad SMARTS) is 1. The van der Waals surface area contributed by atoms with Crippen LogP contribution in [0.15, 0.2) is 54.6 Å². The van der Waals surface area contributed by atoms with Gasteiger partial charge in [-0.15, -0.1) is 0 Å². The molecule has 2 heterocycles. The van der Waals surface area contributed by atoms with Crippen LogP contribution < -0.4 is 14.8 Å². The summed E-state index contributed by atoms with van der Waals surface area (Å²) in [5, 5.41) is 15.0. The Bertz CT molecular complexity index is 1410. The summed E-state index contributed by atoms with van der Waals surface area (Å²) in [6.07, 6.45) is 5.76. The molecule has 6 rings (SSSR count). The summed E-state index contributed by atoms with van der Waals surface area (Å²) >= 11 is 0. The quantitative estimate of drug-likeness (QED) is 0.421. The highest BCUT2D eigenvalue weighted by Crippen LogP contribution is 2.46. The minimum Gasteiger partial charge on any atom is -0.490 e. The molecular weight excluding hydrogens is 496 g/mol. The van der Waals surface area contributed by atoms with Gasteiger partial charge in [-0.3, -0.25) is 19.3 Å². The third-order valence-corrected chi connectivity index (χ3v) is 8.32. The van der Waals surface area contributed by atoms with Crippen molar-refractivity contribution in [3.8, 4) is 11.5 Å². The van der Waals surface area contributed by atoms with Crippen LogP contribution in [0.25, 0.3) is 10.8 Å². The van der Waals surface area contributed by atoms with E-state index in [2.05, 4.69) is 5.32 Å². The number of nitrogens with zero attached hydrogens (tertiary/aromatic N) is 1. The number of nitrogens with one attached hydrogen (secondary N) is 1. The van der Waals surface area contributed by atoms with Gasteiger partial charge in [0.25, 0.3) is 11.8 Å². The Balaban J connectivity index is 1.46. The Hall–Kier alpha value is -3.91. The highest BCUT2D eigenvalue weighted by Gasteiger charge is 2.59. The fraction of sp³-hybridized carbons (Fsp3) is 0.387. The lowest BCUT2D eigenvalue weighted by molar-refractivity contribution is -0.141. The van der Waals surface area contributed by atoms with Gasteiger partial charge in [0.05, 0.1) is 23.8 Å². The van der Waals surface area contributed by atoms with E-state index < -0.39 is 29.4 Å². The van der Waals surface area contributed by atoms with E-state index >= 15 is 0 Å². The zero-order valence-corrected chi connectivity index (χ0v) is 21.9. The lowest BCUT2D eigenvalue weighted by Crippen LogP contribution is -2.58. The number of carbonyl (C=O) groups excluding carboxylic acids is 2. The molecule has 0 spiro atoms. The second-order valence-corrected chi connectivity index (χ2v) is 10.6. The van der Waals surface area contributed by atoms with E-state index in [-0.39, 0.29) is 23.7 Å². The van der Waals surface area contributed by atoms with E-state index in [9.17, 15) is 19.5 Å². The van der Waals surface area contributed by atoms with Gasteiger partial charge in [-0.05, 0) is 86.2 Å². The molecule has 2 unspecified atom stereocenters. The van der Waals surface area contributed by atoms with Crippen LogP contribution in [0.5, 0.6) is 11.5 Å². The van der Waals surface area contributed by atoms with E-state index in [1.165, 1.54) is 11.3 Å². The summed E-state index contributed by atoms with van der Waals surface area (Å²) in [5.74, 6) is -1.03. The van der Waals surface area contributed by atoms with Crippen LogP contribution in [0.2, 0.25) is 0 Å². The normalized spacial score (nSPS) is 23.3. The summed E-state index contributed by atoms with van der Waals surface area (Å²) in [5.41, 5.74) is -0.341. The summed E-state index contributed by atoms with van der Waals surface area (Å²) in [4.78, 5) is 41.7. The zero-order chi connectivity index (χ0) is 27.1. The predicted molar refractivity (Wildman–Crippen MR) is 145 cm³/mol. The van der Waals surface area contributed by atoms with Crippen molar-refractivity contribution in [2.24, 2.45) is 0 Å². The molecule has 2 fully saturated rings. The number of amides is 2. The van der Waals surface area contributed by atoms with Gasteiger partial charge in [0, 0.05) is 0 Å². The molecule has 202 valence electrons. The van der Waals surface area contributed by atoms with Gasteiger partial charge in [0.2, 0.25) is 0 Å². The predicted octanol–water partition coefficient (Wildman–Crippen LogP) is 4.89. The maximum atomic E-state index is 14.0. The third kappa shape index (κ3) is 4.14. The molecule has 1 saturated carbocycles. The van der Waals surface area contributed by atoms with Crippen molar-refractivity contribution >= 4 is 28.6 Å². The number of hydrogen-bond donors (Lipinski definition) is 2. The number of carbonyl (C=O) groups is 3. The monoisotopic (exact) mass is 528 g/mol. The highest BCUT2D eigenvalue weighted by atomic mass is 16.5. The van der Waals surface area contributed by atoms with Crippen molar-refractivity contribution in [2.75, 3.05) is 13.2 Å². The van der Waals surface area contributed by atoms with E-state index in [4.69, 9.17) is 9.47 Å². The smallest absolute Gasteiger partial charge is 0.323 e. The minimum atomic E-state index is -1.44. The van der Waals surface area contributed by atoms with Crippen LogP contribution in [0.3, 0.4) is 0 Å². The molecule has 2 atom stereocenters. The summed E-state index contributed by atoms with van der Waals surface area (Å²) in [6, 6.07) is 15.1. The Morgan fingerprint density at radius 1 is 0.974 bits per heavy atom. The van der Waals surface area contributed by atoms with Crippen LogP contribution in [0.1, 0.15) is 71.7 Å². The van der Waals surface area contributed by atoms with Gasteiger partial charge < -0.3 is 19.9 Å². The van der Waals surface area contributed by atoms with Crippen LogP contribution in [0, 0.1) is 0 Å². The standard InChI is InChI=1S/C31H32N2O6/c1-2-38-26-18-21(12-13-25(26)39-22-10-4-3-5-11-22)31(14-15-32-27(31)30(36)37)33-28(34)23-16-19-8-6-7-9-20(19)17-24(23)29(33)35/h6-9,12-13,16-18,22,27,32H,2-5,10-11,14-15H2,1H3,(H,36,37). The van der Waals surface area contributed by atoms with Crippen molar-refractivity contribution in [3.63, 3.8) is 0 Å². The Labute approximate surface area is 226 Å². The first-order chi connectivity index (χ1) is 18.9. The topological polar surface area (TPSA) is 105 Å². The largest absolute Gasteiger partial charge is 0.490 e. The zero-order valence-electron chi connectivity index (χ0n) is 21.9. The Morgan fingerprint density at radius 2 is 1.64 bits per heavy atom. The molecule has 0 radical (unpaired) electrons. The molecule has 8 heteroatoms. The van der Waals surface area contributed by atoms with Gasteiger partial charge in [0.1, 0.15) is 11.6 Å². The van der Waals surface area contributed by atoms with Crippen LogP contribution >= 0.6 is 0 Å². The first-order valence-corrected chi connectivity index (χ1v) is 13.8. The lowest BCUT2D eigenvalue weighted by Gasteiger charge is -2.40. The fourth-order valence-corrected chi connectivity index (χ4v) is 6.49. The van der Waals surface area contributed by atoms with Crippen molar-refractivity contribution in [3.05, 3.63) is 71.3 Å². The number of ether oxygens (including phenoxy) is 2. The van der Waals surface area contributed by atoms with Gasteiger partial charge in [0.15, 0.2) is 11.5 Å². The molecule has 8 nitrogen and oxygen atoms in total. The average Bonchev–Trinajstić information content (AvgIpc) is 3.49. The van der Waals surface area contributed by atoms with Crippen LogP contribution in [0.4, 0.5) is 0 Å². The molecule has 39 heavy (non-hydrogen) atoms. The molecule has 3 aromatic carbocycles. The van der Waals surface area contributed by atoms with Crippen molar-refractivity contribution in [2.45, 2.75) is 63.1 Å². The fourth-order valence-electron chi connectivity index (χ4n) is 6.49. The minimum absolute atomic E-state index is 0.100. The van der Waals surface area contributed by atoms with E-state index in [0.29, 0.717) is 30.2 Å². The number of imide groups is 1. The lowest BCUT2D eigenvalue weighted by atomic mass is 9.80. The van der Waals surface area contributed by atoms with Crippen molar-refractivity contribution in [1.29, 1.82) is 0 Å². The van der Waals surface area contributed by atoms with Gasteiger partial charge >= 0.3 is 5.97 Å². The molecular formula is C31H32N2O6. The molecule has 0 aromatic heterocycles. The summed E-state index contributed by atoms with van der Waals surface area (Å²) in [6.45, 7) is 2.59. The number of carboxylic acids is 1. The molecule has 1 aliphatic carbocycles. The molecule has 2 aliphatic heterocycles. The maximum absolute atomic E-state index is 14.0. The van der Waals surface area contributed by atoms with Crippen molar-refractivity contribution in [1.82, 2.24) is 10.2 Å². The highest BCUT2D eigenvalue weighted by molar-refractivity contribution is 6.24. The Morgan fingerprint density at radius 3 is 2.26 bits per heavy atom. The van der Waals surface area contributed by atoms with Gasteiger partial charge in [-0.2, -0.15) is 0 Å². The summed E-state index contributed by atoms with van der Waals surface area (Å²) in [7, 11) is 0. The van der Waals surface area contributed by atoms with Crippen LogP contribution in [-0.4, -0.2) is 53.1 Å². The molecule has 2 N–H and O–H groups in total. The first-order valence-electron chi connectivity index (χ1n) is 13.8. The first kappa shape index (κ1) is 25.4. The molecule has 1 saturated heterocycles. The van der Waals surface area contributed by atoms with E-state index in [0.717, 1.165) is 36.5 Å². The SMILES string of the molecule is CCOc1cc(C2(N3C(=O)c4cc5ccccc5cc4C3=O)CCNC2C(=O)O)ccc1OC1CCCCC1. The van der Waals surface area contributed by atoms with Crippen molar-refractivity contribution < 1.29 is 29.0 Å². The molecule has 0 bridgehead atoms. The molecule has 2 amide bonds. The third-order valence-electron chi connectivity index (χ3n) is 8.32. The molecule has 3 aliphatic rings. The summed E-state index contributed by atoms with van der Waals surface area (Å²) < 4.78 is 12.3. The van der Waals surface area contributed by atoms with E-state index in [1.54, 1.807) is 30.3 Å². The maximum Gasteiger partial charge on any atom is 0.323 e. The number of aliphatic carboxylic acids is 1. The number of fused-ring (bicyclic) bond motifs is 2. The Kier molecular flexibility index (Phi) is 6.51. The second kappa shape index (κ2) is 10.0. The number of hydrogen-bond acceptors (Lipinski definition) is 6. The second-order valence-electron chi connectivity index (χ2n) is 10.6.